The van der Waals surface area contributed by atoms with Crippen LogP contribution in [0.2, 0.25) is 0 Å². The molecule has 1 aliphatic heterocycles. The highest BCUT2D eigenvalue weighted by molar-refractivity contribution is 5.69. The lowest BCUT2D eigenvalue weighted by Crippen LogP contribution is -2.42. The van der Waals surface area contributed by atoms with Crippen LogP contribution in [0.4, 0.5) is 33.1 Å². The summed E-state index contributed by atoms with van der Waals surface area (Å²) in [5.41, 5.74) is 2.14. The van der Waals surface area contributed by atoms with Crippen LogP contribution < -0.4 is 15.5 Å². The second-order valence-electron chi connectivity index (χ2n) is 6.91. The molecule has 0 saturated carbocycles. The number of nitrogens with zero attached hydrogens (tertiary/aromatic N) is 4. The predicted octanol–water partition coefficient (Wildman–Crippen LogP) is 3.87. The summed E-state index contributed by atoms with van der Waals surface area (Å²) in [6.07, 6.45) is 2.22. The van der Waals surface area contributed by atoms with E-state index in [0.717, 1.165) is 11.3 Å². The highest BCUT2D eigenvalue weighted by Gasteiger charge is 2.22. The summed E-state index contributed by atoms with van der Waals surface area (Å²) in [5.74, 6) is 0.603. The fourth-order valence-corrected chi connectivity index (χ4v) is 3.22. The van der Waals surface area contributed by atoms with Crippen LogP contribution in [0.3, 0.4) is 0 Å². The molecular weight excluding hydrogens is 403 g/mol. The summed E-state index contributed by atoms with van der Waals surface area (Å²) in [4.78, 5) is 21.0. The average molecular weight is 424 g/mol. The van der Waals surface area contributed by atoms with E-state index in [4.69, 9.17) is 4.74 Å². The molecular formula is C21H21FN6O3. The van der Waals surface area contributed by atoms with Crippen LogP contribution in [0.15, 0.2) is 60.9 Å². The highest BCUT2D eigenvalue weighted by atomic mass is 19.1. The zero-order chi connectivity index (χ0) is 21.6. The third-order valence-electron chi connectivity index (χ3n) is 4.80. The molecule has 1 unspecified atom stereocenters. The fraction of sp³-hybridized carbons (Fsp3) is 0.238. The maximum Gasteiger partial charge on any atom is 0.311 e. The molecule has 1 fully saturated rings. The van der Waals surface area contributed by atoms with Gasteiger partial charge in [-0.3, -0.25) is 15.1 Å². The first-order chi connectivity index (χ1) is 15.1. The second-order valence-corrected chi connectivity index (χ2v) is 6.91. The summed E-state index contributed by atoms with van der Waals surface area (Å²) in [6, 6.07) is 13.7. The van der Waals surface area contributed by atoms with Crippen molar-refractivity contribution in [2.75, 3.05) is 35.3 Å². The molecule has 2 N–H and O–H groups in total. The number of nitrogens with one attached hydrogen (secondary N) is 2. The molecule has 10 heteroatoms. The molecule has 2 aromatic heterocycles. The molecule has 1 atom stereocenters. The second kappa shape index (κ2) is 9.35. The Morgan fingerprint density at radius 3 is 2.77 bits per heavy atom. The molecule has 1 saturated heterocycles. The maximum absolute atomic E-state index is 14.1. The smallest absolute Gasteiger partial charge is 0.311 e. The van der Waals surface area contributed by atoms with Gasteiger partial charge in [0.25, 0.3) is 0 Å². The summed E-state index contributed by atoms with van der Waals surface area (Å²) in [7, 11) is 0. The summed E-state index contributed by atoms with van der Waals surface area (Å²) >= 11 is 0. The van der Waals surface area contributed by atoms with Crippen molar-refractivity contribution in [1.29, 1.82) is 0 Å². The van der Waals surface area contributed by atoms with Gasteiger partial charge in [0.2, 0.25) is 5.82 Å². The van der Waals surface area contributed by atoms with Crippen molar-refractivity contribution in [2.45, 2.75) is 12.8 Å². The third-order valence-corrected chi connectivity index (χ3v) is 4.80. The maximum atomic E-state index is 14.1. The topological polar surface area (TPSA) is 105 Å². The van der Waals surface area contributed by atoms with Gasteiger partial charge in [0.05, 0.1) is 18.1 Å². The van der Waals surface area contributed by atoms with E-state index in [9.17, 15) is 14.5 Å². The number of aromatic nitrogens is 2. The molecule has 0 amide bonds. The molecule has 3 heterocycles. The molecule has 0 radical (unpaired) electrons. The first kappa shape index (κ1) is 20.5. The van der Waals surface area contributed by atoms with Crippen molar-refractivity contribution in [3.05, 3.63) is 76.6 Å². The van der Waals surface area contributed by atoms with Gasteiger partial charge in [0.1, 0.15) is 5.82 Å². The number of rotatable bonds is 7. The van der Waals surface area contributed by atoms with Crippen LogP contribution in [0.25, 0.3) is 0 Å². The van der Waals surface area contributed by atoms with E-state index >= 15 is 0 Å². The standard InChI is InChI=1S/C21H21FN6O3/c22-19-14-31-11-10-27(19)17-5-3-16(4-6-17)25-21-18(28(29)30)7-8-20(26-21)24-13-15-2-1-9-23-12-15/h1-9,12,19H,10-11,13-14H2,(H2,24,25,26). The highest BCUT2D eigenvalue weighted by Crippen LogP contribution is 2.29. The zero-order valence-electron chi connectivity index (χ0n) is 16.6. The molecule has 0 spiro atoms. The van der Waals surface area contributed by atoms with E-state index in [1.807, 2.05) is 12.1 Å². The van der Waals surface area contributed by atoms with E-state index in [-0.39, 0.29) is 18.1 Å². The number of halogens is 1. The Hall–Kier alpha value is -3.79. The Balaban J connectivity index is 1.50. The van der Waals surface area contributed by atoms with E-state index < -0.39 is 11.2 Å². The monoisotopic (exact) mass is 424 g/mol. The van der Waals surface area contributed by atoms with Crippen molar-refractivity contribution >= 4 is 28.7 Å². The van der Waals surface area contributed by atoms with Gasteiger partial charge in [0.15, 0.2) is 6.30 Å². The Kier molecular flexibility index (Phi) is 6.18. The normalized spacial score (nSPS) is 16.0. The van der Waals surface area contributed by atoms with Crippen LogP contribution in [-0.2, 0) is 11.3 Å². The average Bonchev–Trinajstić information content (AvgIpc) is 2.79. The minimum Gasteiger partial charge on any atom is -0.375 e. The summed E-state index contributed by atoms with van der Waals surface area (Å²) in [5, 5.41) is 17.6. The summed E-state index contributed by atoms with van der Waals surface area (Å²) < 4.78 is 19.2. The number of anilines is 4. The Bertz CT molecular complexity index is 1040. The minimum absolute atomic E-state index is 0.0367. The number of alkyl halides is 1. The van der Waals surface area contributed by atoms with Crippen molar-refractivity contribution in [2.24, 2.45) is 0 Å². The lowest BCUT2D eigenvalue weighted by Gasteiger charge is -2.32. The lowest BCUT2D eigenvalue weighted by molar-refractivity contribution is -0.384. The van der Waals surface area contributed by atoms with E-state index in [1.54, 1.807) is 47.6 Å². The molecule has 31 heavy (non-hydrogen) atoms. The fourth-order valence-electron chi connectivity index (χ4n) is 3.22. The quantitative estimate of drug-likeness (QED) is 0.335. The van der Waals surface area contributed by atoms with Gasteiger partial charge in [-0.15, -0.1) is 0 Å². The largest absolute Gasteiger partial charge is 0.375 e. The number of pyridine rings is 2. The molecule has 160 valence electrons. The summed E-state index contributed by atoms with van der Waals surface area (Å²) in [6.45, 7) is 1.45. The van der Waals surface area contributed by atoms with Crippen LogP contribution >= 0.6 is 0 Å². The SMILES string of the molecule is O=[N+]([O-])c1ccc(NCc2cccnc2)nc1Nc1ccc(N2CCOCC2F)cc1. The van der Waals surface area contributed by atoms with Crippen LogP contribution in [-0.4, -0.2) is 40.9 Å². The number of morpholine rings is 1. The lowest BCUT2D eigenvalue weighted by atomic mass is 10.2. The van der Waals surface area contributed by atoms with Gasteiger partial charge in [-0.25, -0.2) is 9.37 Å². The van der Waals surface area contributed by atoms with Gasteiger partial charge in [0, 0.05) is 42.9 Å². The molecule has 4 rings (SSSR count). The van der Waals surface area contributed by atoms with Gasteiger partial charge in [-0.2, -0.15) is 0 Å². The first-order valence-electron chi connectivity index (χ1n) is 9.74. The van der Waals surface area contributed by atoms with Gasteiger partial charge in [-0.1, -0.05) is 6.07 Å². The number of ether oxygens (including phenoxy) is 1. The van der Waals surface area contributed by atoms with Crippen LogP contribution in [0.1, 0.15) is 5.56 Å². The van der Waals surface area contributed by atoms with Crippen molar-refractivity contribution in [1.82, 2.24) is 9.97 Å². The van der Waals surface area contributed by atoms with E-state index in [1.165, 1.54) is 6.07 Å². The molecule has 9 nitrogen and oxygen atoms in total. The Morgan fingerprint density at radius 1 is 1.23 bits per heavy atom. The van der Waals surface area contributed by atoms with Gasteiger partial charge >= 0.3 is 5.69 Å². The minimum atomic E-state index is -1.20. The zero-order valence-corrected chi connectivity index (χ0v) is 16.6. The number of hydrogen-bond acceptors (Lipinski definition) is 8. The predicted molar refractivity (Wildman–Crippen MR) is 115 cm³/mol. The molecule has 3 aromatic rings. The molecule has 0 aliphatic carbocycles. The molecule has 1 aliphatic rings. The Labute approximate surface area is 178 Å². The van der Waals surface area contributed by atoms with Crippen molar-refractivity contribution in [3.63, 3.8) is 0 Å². The van der Waals surface area contributed by atoms with Gasteiger partial charge in [-0.05, 0) is 42.0 Å². The number of benzene rings is 1. The number of hydrogen-bond donors (Lipinski definition) is 2. The first-order valence-corrected chi connectivity index (χ1v) is 9.74. The van der Waals surface area contributed by atoms with E-state index in [2.05, 4.69) is 20.6 Å². The van der Waals surface area contributed by atoms with Crippen molar-refractivity contribution < 1.29 is 14.1 Å². The molecule has 0 bridgehead atoms. The van der Waals surface area contributed by atoms with Crippen LogP contribution in [0.5, 0.6) is 0 Å². The number of nitro groups is 1. The van der Waals surface area contributed by atoms with Gasteiger partial charge < -0.3 is 20.3 Å². The van der Waals surface area contributed by atoms with Crippen molar-refractivity contribution in [3.8, 4) is 0 Å². The van der Waals surface area contributed by atoms with Crippen LogP contribution in [0, 0.1) is 10.1 Å². The molecule has 1 aromatic carbocycles. The van der Waals surface area contributed by atoms with E-state index in [0.29, 0.717) is 31.2 Å². The third kappa shape index (κ3) is 5.04. The Morgan fingerprint density at radius 2 is 2.06 bits per heavy atom.